The molecule has 1 aliphatic carbocycles. The quantitative estimate of drug-likeness (QED) is 0.861. The van der Waals surface area contributed by atoms with E-state index in [1.54, 1.807) is 11.3 Å². The van der Waals surface area contributed by atoms with Crippen LogP contribution < -0.4 is 10.6 Å². The van der Waals surface area contributed by atoms with Gasteiger partial charge < -0.3 is 10.6 Å². The second-order valence-corrected chi connectivity index (χ2v) is 7.44. The molecule has 1 saturated heterocycles. The van der Waals surface area contributed by atoms with Crippen molar-refractivity contribution in [2.24, 2.45) is 11.8 Å². The Balaban J connectivity index is 0.00000176. The molecule has 1 fully saturated rings. The number of fused-ring (bicyclic) bond motifs is 1. The van der Waals surface area contributed by atoms with Crippen LogP contribution in [-0.4, -0.2) is 24.0 Å². The van der Waals surface area contributed by atoms with E-state index in [-0.39, 0.29) is 18.3 Å². The molecule has 3 rings (SSSR count). The normalized spacial score (nSPS) is 23.7. The van der Waals surface area contributed by atoms with Crippen LogP contribution in [0.25, 0.3) is 0 Å². The third-order valence-corrected chi connectivity index (χ3v) is 5.84. The van der Waals surface area contributed by atoms with Crippen LogP contribution in [0.4, 0.5) is 5.13 Å². The minimum atomic E-state index is 0. The molecule has 0 spiro atoms. The zero-order chi connectivity index (χ0) is 14.7. The van der Waals surface area contributed by atoms with Crippen molar-refractivity contribution in [3.8, 4) is 0 Å². The molecule has 2 atom stereocenters. The summed E-state index contributed by atoms with van der Waals surface area (Å²) in [4.78, 5) is 18.0. The van der Waals surface area contributed by atoms with Gasteiger partial charge in [0.05, 0.1) is 5.69 Å². The van der Waals surface area contributed by atoms with Gasteiger partial charge in [-0.05, 0) is 57.0 Å². The van der Waals surface area contributed by atoms with Crippen LogP contribution in [0.5, 0.6) is 0 Å². The number of aromatic nitrogens is 1. The highest BCUT2D eigenvalue weighted by atomic mass is 35.5. The summed E-state index contributed by atoms with van der Waals surface area (Å²) in [5, 5.41) is 7.16. The van der Waals surface area contributed by atoms with Crippen LogP contribution >= 0.6 is 23.7 Å². The Labute approximate surface area is 142 Å². The van der Waals surface area contributed by atoms with Gasteiger partial charge in [-0.3, -0.25) is 4.79 Å². The van der Waals surface area contributed by atoms with Crippen LogP contribution in [0, 0.1) is 11.8 Å². The van der Waals surface area contributed by atoms with Crippen LogP contribution in [0.3, 0.4) is 0 Å². The Morgan fingerprint density at radius 1 is 1.41 bits per heavy atom. The summed E-state index contributed by atoms with van der Waals surface area (Å²) < 4.78 is 0. The molecule has 2 unspecified atom stereocenters. The molecule has 1 aromatic rings. The highest BCUT2D eigenvalue weighted by Gasteiger charge is 2.22. The molecule has 2 aliphatic rings. The molecule has 1 aromatic heterocycles. The lowest BCUT2D eigenvalue weighted by Crippen LogP contribution is -2.15. The SMILES string of the molecule is CCC1CCc2nc(NC(=O)CCC3CCNC3)sc2C1.Cl. The van der Waals surface area contributed by atoms with Crippen LogP contribution in [0.15, 0.2) is 0 Å². The van der Waals surface area contributed by atoms with E-state index >= 15 is 0 Å². The van der Waals surface area contributed by atoms with Gasteiger partial charge in [0, 0.05) is 11.3 Å². The predicted octanol–water partition coefficient (Wildman–Crippen LogP) is 3.41. The lowest BCUT2D eigenvalue weighted by atomic mass is 9.89. The molecular weight excluding hydrogens is 318 g/mol. The van der Waals surface area contributed by atoms with E-state index in [0.717, 1.165) is 43.4 Å². The molecule has 0 aromatic carbocycles. The van der Waals surface area contributed by atoms with E-state index < -0.39 is 0 Å². The number of anilines is 1. The van der Waals surface area contributed by atoms with Crippen molar-refractivity contribution in [3.05, 3.63) is 10.6 Å². The molecule has 1 aliphatic heterocycles. The second kappa shape index (κ2) is 8.27. The third kappa shape index (κ3) is 4.43. The molecular formula is C16H26ClN3OS. The fourth-order valence-corrected chi connectivity index (χ4v) is 4.46. The standard InChI is InChI=1S/C16H25N3OS.ClH/c1-2-11-3-5-13-14(9-11)21-16(18-13)19-15(20)6-4-12-7-8-17-10-12;/h11-12,17H,2-10H2,1H3,(H,18,19,20);1H. The number of amides is 1. The Morgan fingerprint density at radius 2 is 2.27 bits per heavy atom. The third-order valence-electron chi connectivity index (χ3n) is 4.81. The first kappa shape index (κ1) is 17.7. The summed E-state index contributed by atoms with van der Waals surface area (Å²) in [6.45, 7) is 4.43. The summed E-state index contributed by atoms with van der Waals surface area (Å²) in [7, 11) is 0. The second-order valence-electron chi connectivity index (χ2n) is 6.35. The zero-order valence-electron chi connectivity index (χ0n) is 13.2. The minimum Gasteiger partial charge on any atom is -0.316 e. The smallest absolute Gasteiger partial charge is 0.226 e. The van der Waals surface area contributed by atoms with Crippen molar-refractivity contribution < 1.29 is 4.79 Å². The number of carbonyl (C=O) groups is 1. The lowest BCUT2D eigenvalue weighted by molar-refractivity contribution is -0.116. The van der Waals surface area contributed by atoms with Gasteiger partial charge in [-0.2, -0.15) is 0 Å². The van der Waals surface area contributed by atoms with E-state index in [1.165, 1.54) is 29.8 Å². The van der Waals surface area contributed by atoms with E-state index in [0.29, 0.717) is 12.3 Å². The number of thiazole rings is 1. The number of rotatable bonds is 5. The maximum absolute atomic E-state index is 12.0. The van der Waals surface area contributed by atoms with Crippen LogP contribution in [0.2, 0.25) is 0 Å². The van der Waals surface area contributed by atoms with Crippen LogP contribution in [-0.2, 0) is 17.6 Å². The molecule has 0 saturated carbocycles. The van der Waals surface area contributed by atoms with Crippen molar-refractivity contribution in [1.82, 2.24) is 10.3 Å². The van der Waals surface area contributed by atoms with Gasteiger partial charge in [-0.15, -0.1) is 23.7 Å². The molecule has 2 heterocycles. The molecule has 124 valence electrons. The maximum atomic E-state index is 12.0. The zero-order valence-corrected chi connectivity index (χ0v) is 14.8. The molecule has 6 heteroatoms. The fourth-order valence-electron chi connectivity index (χ4n) is 3.32. The number of hydrogen-bond donors (Lipinski definition) is 2. The summed E-state index contributed by atoms with van der Waals surface area (Å²) in [5.41, 5.74) is 1.22. The average Bonchev–Trinajstić information content (AvgIpc) is 3.13. The van der Waals surface area contributed by atoms with Crippen molar-refractivity contribution in [2.75, 3.05) is 18.4 Å². The lowest BCUT2D eigenvalue weighted by Gasteiger charge is -2.18. The highest BCUT2D eigenvalue weighted by Crippen LogP contribution is 2.33. The van der Waals surface area contributed by atoms with E-state index in [2.05, 4.69) is 22.5 Å². The van der Waals surface area contributed by atoms with Crippen molar-refractivity contribution in [1.29, 1.82) is 0 Å². The first-order valence-electron chi connectivity index (χ1n) is 8.23. The summed E-state index contributed by atoms with van der Waals surface area (Å²) in [5.74, 6) is 1.60. The van der Waals surface area contributed by atoms with E-state index in [4.69, 9.17) is 0 Å². The Morgan fingerprint density at radius 3 is 3.00 bits per heavy atom. The highest BCUT2D eigenvalue weighted by molar-refractivity contribution is 7.15. The van der Waals surface area contributed by atoms with Gasteiger partial charge >= 0.3 is 0 Å². The topological polar surface area (TPSA) is 54.0 Å². The number of carbonyl (C=O) groups excluding carboxylic acids is 1. The Bertz CT molecular complexity index is 500. The minimum absolute atomic E-state index is 0. The number of nitrogens with one attached hydrogen (secondary N) is 2. The average molecular weight is 344 g/mol. The van der Waals surface area contributed by atoms with E-state index in [1.807, 2.05) is 0 Å². The number of halogens is 1. The first-order valence-corrected chi connectivity index (χ1v) is 9.05. The summed E-state index contributed by atoms with van der Waals surface area (Å²) >= 11 is 1.69. The molecule has 22 heavy (non-hydrogen) atoms. The molecule has 2 N–H and O–H groups in total. The number of hydrogen-bond acceptors (Lipinski definition) is 4. The van der Waals surface area contributed by atoms with E-state index in [9.17, 15) is 4.79 Å². The number of aryl methyl sites for hydroxylation is 1. The van der Waals surface area contributed by atoms with Gasteiger partial charge in [0.2, 0.25) is 5.91 Å². The van der Waals surface area contributed by atoms with Crippen molar-refractivity contribution >= 4 is 34.8 Å². The molecule has 0 radical (unpaired) electrons. The van der Waals surface area contributed by atoms with Gasteiger partial charge in [0.15, 0.2) is 5.13 Å². The molecule has 0 bridgehead atoms. The van der Waals surface area contributed by atoms with Gasteiger partial charge in [0.25, 0.3) is 0 Å². The Hall–Kier alpha value is -0.650. The fraction of sp³-hybridized carbons (Fsp3) is 0.750. The molecule has 1 amide bonds. The van der Waals surface area contributed by atoms with Crippen molar-refractivity contribution in [2.45, 2.75) is 51.9 Å². The van der Waals surface area contributed by atoms with Gasteiger partial charge in [-0.1, -0.05) is 13.3 Å². The van der Waals surface area contributed by atoms with Gasteiger partial charge in [-0.25, -0.2) is 4.98 Å². The van der Waals surface area contributed by atoms with Gasteiger partial charge in [0.1, 0.15) is 0 Å². The van der Waals surface area contributed by atoms with Crippen LogP contribution in [0.1, 0.15) is 49.6 Å². The largest absolute Gasteiger partial charge is 0.316 e. The maximum Gasteiger partial charge on any atom is 0.226 e. The Kier molecular flexibility index (Phi) is 6.66. The molecule has 4 nitrogen and oxygen atoms in total. The first-order chi connectivity index (χ1) is 10.2. The number of nitrogens with zero attached hydrogens (tertiary/aromatic N) is 1. The monoisotopic (exact) mass is 343 g/mol. The predicted molar refractivity (Wildman–Crippen MR) is 94.0 cm³/mol. The van der Waals surface area contributed by atoms with Crippen molar-refractivity contribution in [3.63, 3.8) is 0 Å². The summed E-state index contributed by atoms with van der Waals surface area (Å²) in [6, 6.07) is 0. The summed E-state index contributed by atoms with van der Waals surface area (Å²) in [6.07, 6.45) is 7.53.